The van der Waals surface area contributed by atoms with Crippen LogP contribution in [0.1, 0.15) is 102 Å². The third kappa shape index (κ3) is 5.81. The fourth-order valence-corrected chi connectivity index (χ4v) is 9.73. The molecule has 0 spiro atoms. The molecule has 4 N–H and O–H groups in total. The van der Waals surface area contributed by atoms with Gasteiger partial charge in [-0.2, -0.15) is 0 Å². The van der Waals surface area contributed by atoms with Gasteiger partial charge in [0.15, 0.2) is 17.2 Å². The highest BCUT2D eigenvalue weighted by atomic mass is 16.5. The van der Waals surface area contributed by atoms with Crippen molar-refractivity contribution in [1.29, 1.82) is 0 Å². The molecule has 0 radical (unpaired) electrons. The molecular weight excluding hydrogens is 648 g/mol. The zero-order valence-electron chi connectivity index (χ0n) is 31.3. The number of hydrogen-bond donors (Lipinski definition) is 4. The topological polar surface area (TPSA) is 158 Å². The summed E-state index contributed by atoms with van der Waals surface area (Å²) in [4.78, 5) is 53.8. The number of benzene rings is 2. The van der Waals surface area contributed by atoms with Crippen molar-refractivity contribution < 1.29 is 44.3 Å². The van der Waals surface area contributed by atoms with E-state index >= 15 is 0 Å². The molecule has 2 aromatic rings. The lowest BCUT2D eigenvalue weighted by Crippen LogP contribution is -2.67. The van der Waals surface area contributed by atoms with Crippen LogP contribution in [0, 0.1) is 34.5 Å². The molecule has 274 valence electrons. The number of aromatic hydroxyl groups is 1. The number of phenolic OH excluding ortho intramolecular Hbond substituents is 1. The Morgan fingerprint density at radius 3 is 2.24 bits per heavy atom. The number of esters is 1. The maximum Gasteiger partial charge on any atom is 0.308 e. The quantitative estimate of drug-likeness (QED) is 0.147. The van der Waals surface area contributed by atoms with Crippen molar-refractivity contribution in [1.82, 2.24) is 0 Å². The summed E-state index contributed by atoms with van der Waals surface area (Å²) in [5.74, 6) is -5.52. The van der Waals surface area contributed by atoms with Crippen molar-refractivity contribution >= 4 is 23.3 Å². The van der Waals surface area contributed by atoms with Crippen molar-refractivity contribution in [3.05, 3.63) is 75.3 Å². The third-order valence-electron chi connectivity index (χ3n) is 11.8. The van der Waals surface area contributed by atoms with Gasteiger partial charge in [-0.15, -0.1) is 0 Å². The van der Waals surface area contributed by atoms with Gasteiger partial charge in [-0.3, -0.25) is 19.2 Å². The summed E-state index contributed by atoms with van der Waals surface area (Å²) in [6.07, 6.45) is 2.83. The van der Waals surface area contributed by atoms with Crippen LogP contribution < -0.4 is 0 Å². The number of aliphatic hydroxyl groups is 3. The van der Waals surface area contributed by atoms with E-state index in [0.717, 1.165) is 29.2 Å². The van der Waals surface area contributed by atoms with E-state index in [9.17, 15) is 39.6 Å². The van der Waals surface area contributed by atoms with Gasteiger partial charge in [0, 0.05) is 22.3 Å². The number of Topliss-reactive ketones (excluding diaryl/α,β-unsaturated/α-hetero) is 3. The van der Waals surface area contributed by atoms with E-state index in [1.54, 1.807) is 19.9 Å². The summed E-state index contributed by atoms with van der Waals surface area (Å²) in [5.41, 5.74) is -1.81. The summed E-state index contributed by atoms with van der Waals surface area (Å²) in [7, 11) is 1.41. The summed E-state index contributed by atoms with van der Waals surface area (Å²) in [5, 5.41) is 47.0. The Balaban J connectivity index is 1.68. The first-order chi connectivity index (χ1) is 23.8. The Morgan fingerprint density at radius 1 is 1.00 bits per heavy atom. The number of allylic oxidation sites excluding steroid dienone is 2. The van der Waals surface area contributed by atoms with Gasteiger partial charge in [0.05, 0.1) is 18.6 Å². The Hall–Kier alpha value is -4.24. The molecule has 0 bridgehead atoms. The average molecular weight is 701 g/mol. The predicted molar refractivity (Wildman–Crippen MR) is 193 cm³/mol. The number of carbonyl (C=O) groups excluding carboxylic acids is 4. The van der Waals surface area contributed by atoms with Crippen molar-refractivity contribution in [3.8, 4) is 16.9 Å². The molecule has 2 unspecified atom stereocenters. The minimum Gasteiger partial charge on any atom is -0.511 e. The first-order valence-corrected chi connectivity index (χ1v) is 18.0. The highest BCUT2D eigenvalue weighted by Gasteiger charge is 2.71. The van der Waals surface area contributed by atoms with E-state index in [-0.39, 0.29) is 47.5 Å². The smallest absolute Gasteiger partial charge is 0.308 e. The maximum absolute atomic E-state index is 14.6. The van der Waals surface area contributed by atoms with Crippen LogP contribution >= 0.6 is 0 Å². The Morgan fingerprint density at radius 2 is 1.67 bits per heavy atom. The molecule has 0 amide bonds. The number of aryl methyl sites for hydroxylation is 2. The van der Waals surface area contributed by atoms with Crippen LogP contribution in [0.4, 0.5) is 0 Å². The van der Waals surface area contributed by atoms with Crippen LogP contribution in [-0.2, 0) is 38.4 Å². The molecule has 0 saturated carbocycles. The lowest BCUT2D eigenvalue weighted by molar-refractivity contribution is -0.171. The first-order valence-electron chi connectivity index (χ1n) is 18.0. The number of phenols is 1. The second kappa shape index (κ2) is 13.4. The highest BCUT2D eigenvalue weighted by molar-refractivity contribution is 6.25. The van der Waals surface area contributed by atoms with Crippen molar-refractivity contribution in [2.24, 2.45) is 34.5 Å². The van der Waals surface area contributed by atoms with Crippen molar-refractivity contribution in [2.45, 2.75) is 99.5 Å². The van der Waals surface area contributed by atoms with Gasteiger partial charge in [-0.25, -0.2) is 0 Å². The van der Waals surface area contributed by atoms with Crippen LogP contribution in [0.3, 0.4) is 0 Å². The molecule has 0 fully saturated rings. The molecule has 5 rings (SSSR count). The number of rotatable bonds is 10. The van der Waals surface area contributed by atoms with Gasteiger partial charge < -0.3 is 25.2 Å². The molecule has 9 nitrogen and oxygen atoms in total. The maximum atomic E-state index is 14.6. The van der Waals surface area contributed by atoms with E-state index in [4.69, 9.17) is 4.74 Å². The molecule has 0 saturated heterocycles. The highest BCUT2D eigenvalue weighted by Crippen LogP contribution is 2.65. The first kappa shape index (κ1) is 38.0. The number of fused-ring (bicyclic) bond motifs is 3. The van der Waals surface area contributed by atoms with E-state index < -0.39 is 56.8 Å². The van der Waals surface area contributed by atoms with E-state index in [1.807, 2.05) is 26.8 Å². The molecule has 51 heavy (non-hydrogen) atoms. The van der Waals surface area contributed by atoms with Crippen LogP contribution in [0.2, 0.25) is 0 Å². The Kier molecular flexibility index (Phi) is 9.97. The monoisotopic (exact) mass is 700 g/mol. The number of ether oxygens (including phenoxy) is 1. The summed E-state index contributed by atoms with van der Waals surface area (Å²) < 4.78 is 5.09. The largest absolute Gasteiger partial charge is 0.511 e. The molecule has 9 heteroatoms. The van der Waals surface area contributed by atoms with Crippen LogP contribution in [0.15, 0.2) is 53.0 Å². The summed E-state index contributed by atoms with van der Waals surface area (Å²) >= 11 is 0. The second-order valence-corrected chi connectivity index (χ2v) is 16.2. The molecular formula is C42H52O9. The van der Waals surface area contributed by atoms with Gasteiger partial charge in [-0.05, 0) is 91.2 Å². The normalized spacial score (nSPS) is 26.6. The lowest BCUT2D eigenvalue weighted by Gasteiger charge is -2.59. The second-order valence-electron chi connectivity index (χ2n) is 16.2. The zero-order valence-corrected chi connectivity index (χ0v) is 31.3. The van der Waals surface area contributed by atoms with Crippen molar-refractivity contribution in [2.75, 3.05) is 7.11 Å². The van der Waals surface area contributed by atoms with E-state index in [1.165, 1.54) is 13.2 Å². The van der Waals surface area contributed by atoms with Crippen LogP contribution in [0.25, 0.3) is 11.1 Å². The van der Waals surface area contributed by atoms with Gasteiger partial charge in [0.1, 0.15) is 22.8 Å². The Bertz CT molecular complexity index is 1880. The summed E-state index contributed by atoms with van der Waals surface area (Å²) in [6.45, 7) is 14.4. The van der Waals surface area contributed by atoms with Gasteiger partial charge in [0.25, 0.3) is 0 Å². The Labute approximate surface area is 300 Å². The molecule has 2 aromatic carbocycles. The average Bonchev–Trinajstić information content (AvgIpc) is 3.03. The fourth-order valence-electron chi connectivity index (χ4n) is 9.73. The minimum absolute atomic E-state index is 0.0114. The lowest BCUT2D eigenvalue weighted by atomic mass is 9.44. The van der Waals surface area contributed by atoms with Gasteiger partial charge >= 0.3 is 5.97 Å². The van der Waals surface area contributed by atoms with Gasteiger partial charge in [0.2, 0.25) is 5.78 Å². The number of aliphatic hydroxyl groups excluding tert-OH is 2. The van der Waals surface area contributed by atoms with E-state index in [0.29, 0.717) is 37.2 Å². The number of carbonyl (C=O) groups is 4. The minimum atomic E-state index is -2.66. The molecule has 0 aromatic heterocycles. The van der Waals surface area contributed by atoms with Crippen molar-refractivity contribution in [3.63, 3.8) is 0 Å². The zero-order chi connectivity index (χ0) is 38.0. The molecule has 0 heterocycles. The number of methoxy groups -OCH3 is 1. The summed E-state index contributed by atoms with van der Waals surface area (Å²) in [6, 6.07) is 9.42. The molecule has 0 aliphatic heterocycles. The predicted octanol–water partition coefficient (Wildman–Crippen LogP) is 7.34. The SMILES string of the molecule is CCc1ccc(CCC(CC(C)C)C(=O)OC)cc1-c1ccc(O)c2c1C[C@]1(C)C[C@]3(C)C(C(C)C)C(O)=C(C(C)=O)C(=O)[C@]3(O)C(O)=C1C2=O. The molecule has 3 aliphatic rings. The van der Waals surface area contributed by atoms with Crippen LogP contribution in [-0.4, -0.2) is 56.5 Å². The molecule has 5 atom stereocenters. The van der Waals surface area contributed by atoms with E-state index in [2.05, 4.69) is 26.0 Å². The van der Waals surface area contributed by atoms with Gasteiger partial charge in [-0.1, -0.05) is 72.7 Å². The fraction of sp³-hybridized carbons (Fsp3) is 0.524. The molecule has 3 aliphatic carbocycles. The standard InChI is InChI=1S/C42H52O9/c1-10-25-13-11-24(12-14-26(17-21(2)3)39(49)51-9)18-28(25)27-15-16-30(44)32-29(27)19-40(7)20-41(8)33(22(4)5)35(45)31(23(6)43)37(47)42(41,50)38(48)34(40)36(32)46/h11,13,15-16,18,21-22,26,33,44-45,48,50H,10,12,14,17,19-20H2,1-9H3/t26?,33?,40-,41-,42+/m1/s1. The number of hydrogen-bond acceptors (Lipinski definition) is 9. The third-order valence-corrected chi connectivity index (χ3v) is 11.8. The number of ketones is 3. The van der Waals surface area contributed by atoms with Crippen LogP contribution in [0.5, 0.6) is 5.75 Å².